The van der Waals surface area contributed by atoms with Crippen molar-refractivity contribution in [2.45, 2.75) is 40.5 Å². The van der Waals surface area contributed by atoms with Gasteiger partial charge in [-0.25, -0.2) is 0 Å². The quantitative estimate of drug-likeness (QED) is 0.537. The molecular formula is C20H36N4S. The summed E-state index contributed by atoms with van der Waals surface area (Å²) in [6.07, 6.45) is 2.41. The fraction of sp³-hybridized carbons (Fsp3) is 0.750. The maximum absolute atomic E-state index is 4.95. The number of hydrogen-bond donors (Lipinski definition) is 1. The molecule has 142 valence electrons. The summed E-state index contributed by atoms with van der Waals surface area (Å²) in [7, 11) is 0. The molecule has 1 aromatic rings. The van der Waals surface area contributed by atoms with Crippen molar-refractivity contribution in [3.63, 3.8) is 0 Å². The van der Waals surface area contributed by atoms with Gasteiger partial charge in [0.05, 0.1) is 0 Å². The lowest BCUT2D eigenvalue weighted by Gasteiger charge is -2.24. The zero-order valence-electron chi connectivity index (χ0n) is 16.5. The highest BCUT2D eigenvalue weighted by molar-refractivity contribution is 7.09. The van der Waals surface area contributed by atoms with Crippen LogP contribution in [0.4, 0.5) is 0 Å². The Bertz CT molecular complexity index is 496. The molecule has 2 atom stereocenters. The van der Waals surface area contributed by atoms with Crippen LogP contribution < -0.4 is 5.32 Å². The topological polar surface area (TPSA) is 30.9 Å². The third kappa shape index (κ3) is 6.63. The average Bonchev–Trinajstić information content (AvgIpc) is 3.28. The Morgan fingerprint density at radius 1 is 1.40 bits per heavy atom. The van der Waals surface area contributed by atoms with E-state index in [4.69, 9.17) is 4.99 Å². The summed E-state index contributed by atoms with van der Waals surface area (Å²) in [5, 5.41) is 5.67. The van der Waals surface area contributed by atoms with E-state index in [1.54, 1.807) is 0 Å². The van der Waals surface area contributed by atoms with Crippen molar-refractivity contribution in [1.29, 1.82) is 0 Å². The van der Waals surface area contributed by atoms with E-state index >= 15 is 0 Å². The van der Waals surface area contributed by atoms with Crippen molar-refractivity contribution >= 4 is 17.3 Å². The van der Waals surface area contributed by atoms with Gasteiger partial charge in [0.2, 0.25) is 0 Å². The van der Waals surface area contributed by atoms with E-state index in [1.807, 2.05) is 11.3 Å². The predicted molar refractivity (Wildman–Crippen MR) is 111 cm³/mol. The van der Waals surface area contributed by atoms with E-state index in [1.165, 1.54) is 17.8 Å². The molecule has 2 heterocycles. The van der Waals surface area contributed by atoms with Crippen LogP contribution in [0.3, 0.4) is 0 Å². The lowest BCUT2D eigenvalue weighted by molar-refractivity contribution is 0.255. The molecule has 25 heavy (non-hydrogen) atoms. The van der Waals surface area contributed by atoms with E-state index in [0.29, 0.717) is 5.92 Å². The van der Waals surface area contributed by atoms with Gasteiger partial charge in [-0.1, -0.05) is 26.8 Å². The third-order valence-corrected chi connectivity index (χ3v) is 5.91. The van der Waals surface area contributed by atoms with Gasteiger partial charge in [0.15, 0.2) is 5.96 Å². The molecule has 1 aliphatic rings. The number of nitrogens with one attached hydrogen (secondary N) is 1. The average molecular weight is 365 g/mol. The van der Waals surface area contributed by atoms with Crippen molar-refractivity contribution < 1.29 is 0 Å². The minimum Gasteiger partial charge on any atom is -0.357 e. The van der Waals surface area contributed by atoms with E-state index in [2.05, 4.69) is 60.3 Å². The van der Waals surface area contributed by atoms with Gasteiger partial charge >= 0.3 is 0 Å². The van der Waals surface area contributed by atoms with Gasteiger partial charge in [0.25, 0.3) is 0 Å². The minimum absolute atomic E-state index is 0.585. The van der Waals surface area contributed by atoms with Crippen LogP contribution in [-0.2, 0) is 6.42 Å². The molecule has 5 heteroatoms. The molecule has 0 radical (unpaired) electrons. The predicted octanol–water partition coefficient (Wildman–Crippen LogP) is 3.56. The molecule has 0 aromatic carbocycles. The van der Waals surface area contributed by atoms with Crippen LogP contribution in [0.1, 0.15) is 39.0 Å². The molecule has 1 aromatic heterocycles. The fourth-order valence-corrected chi connectivity index (χ4v) is 4.40. The second-order valence-electron chi connectivity index (χ2n) is 7.17. The number of thiophene rings is 1. The maximum atomic E-state index is 4.95. The number of hydrogen-bond acceptors (Lipinski definition) is 3. The summed E-state index contributed by atoms with van der Waals surface area (Å²) in [4.78, 5) is 11.4. The SMILES string of the molecule is CCNC(=NCC(C)Cc1cccs1)N1CCC(CN(CC)CC)C1. The largest absolute Gasteiger partial charge is 0.357 e. The van der Waals surface area contributed by atoms with Crippen LogP contribution in [0.5, 0.6) is 0 Å². The van der Waals surface area contributed by atoms with E-state index in [0.717, 1.165) is 57.6 Å². The zero-order chi connectivity index (χ0) is 18.1. The first-order valence-corrected chi connectivity index (χ1v) is 10.8. The molecular weight excluding hydrogens is 328 g/mol. The van der Waals surface area contributed by atoms with Gasteiger partial charge < -0.3 is 15.1 Å². The summed E-state index contributed by atoms with van der Waals surface area (Å²) in [6.45, 7) is 16.6. The summed E-state index contributed by atoms with van der Waals surface area (Å²) in [6, 6.07) is 4.37. The van der Waals surface area contributed by atoms with Crippen LogP contribution in [0, 0.1) is 11.8 Å². The smallest absolute Gasteiger partial charge is 0.193 e. The fourth-order valence-electron chi connectivity index (χ4n) is 3.53. The second kappa shape index (κ2) is 10.8. The van der Waals surface area contributed by atoms with Gasteiger partial charge in [-0.05, 0) is 56.1 Å². The van der Waals surface area contributed by atoms with Crippen LogP contribution in [0.15, 0.2) is 22.5 Å². The van der Waals surface area contributed by atoms with Crippen molar-refractivity contribution in [3.8, 4) is 0 Å². The maximum Gasteiger partial charge on any atom is 0.193 e. The van der Waals surface area contributed by atoms with E-state index in [-0.39, 0.29) is 0 Å². The molecule has 0 saturated carbocycles. The summed E-state index contributed by atoms with van der Waals surface area (Å²) < 4.78 is 0. The standard InChI is InChI=1S/C20H36N4S/c1-5-21-20(22-14-17(4)13-19-9-8-12-25-19)24-11-10-18(16-24)15-23(6-2)7-3/h8-9,12,17-18H,5-7,10-11,13-16H2,1-4H3,(H,21,22). The van der Waals surface area contributed by atoms with Crippen LogP contribution >= 0.6 is 11.3 Å². The Morgan fingerprint density at radius 3 is 2.84 bits per heavy atom. The summed E-state index contributed by atoms with van der Waals surface area (Å²) in [5.74, 6) is 2.47. The first-order chi connectivity index (χ1) is 12.2. The first-order valence-electron chi connectivity index (χ1n) is 9.94. The Morgan fingerprint density at radius 2 is 2.20 bits per heavy atom. The lowest BCUT2D eigenvalue weighted by atomic mass is 10.1. The lowest BCUT2D eigenvalue weighted by Crippen LogP contribution is -2.41. The Balaban J connectivity index is 1.86. The van der Waals surface area contributed by atoms with Gasteiger partial charge in [0.1, 0.15) is 0 Å². The highest BCUT2D eigenvalue weighted by Crippen LogP contribution is 2.18. The van der Waals surface area contributed by atoms with Gasteiger partial charge in [0, 0.05) is 37.6 Å². The summed E-state index contributed by atoms with van der Waals surface area (Å²) >= 11 is 1.85. The van der Waals surface area contributed by atoms with E-state index < -0.39 is 0 Å². The van der Waals surface area contributed by atoms with E-state index in [9.17, 15) is 0 Å². The normalized spacial score (nSPS) is 19.6. The number of rotatable bonds is 9. The van der Waals surface area contributed by atoms with Crippen molar-refractivity contribution in [2.75, 3.05) is 45.8 Å². The van der Waals surface area contributed by atoms with Crippen molar-refractivity contribution in [1.82, 2.24) is 15.1 Å². The molecule has 2 rings (SSSR count). The highest BCUT2D eigenvalue weighted by Gasteiger charge is 2.26. The first kappa shape index (κ1) is 20.2. The molecule has 2 unspecified atom stereocenters. The Kier molecular flexibility index (Phi) is 8.76. The number of likely N-dealkylation sites (tertiary alicyclic amines) is 1. The molecule has 0 aliphatic carbocycles. The Labute approximate surface area is 158 Å². The van der Waals surface area contributed by atoms with Crippen molar-refractivity contribution in [3.05, 3.63) is 22.4 Å². The van der Waals surface area contributed by atoms with Gasteiger partial charge in [-0.3, -0.25) is 4.99 Å². The molecule has 0 amide bonds. The Hall–Kier alpha value is -1.07. The zero-order valence-corrected chi connectivity index (χ0v) is 17.3. The van der Waals surface area contributed by atoms with Gasteiger partial charge in [-0.15, -0.1) is 11.3 Å². The monoisotopic (exact) mass is 364 g/mol. The molecule has 0 spiro atoms. The molecule has 1 aliphatic heterocycles. The van der Waals surface area contributed by atoms with Crippen molar-refractivity contribution in [2.24, 2.45) is 16.8 Å². The highest BCUT2D eigenvalue weighted by atomic mass is 32.1. The number of guanidine groups is 1. The van der Waals surface area contributed by atoms with Gasteiger partial charge in [-0.2, -0.15) is 0 Å². The number of aliphatic imine (C=N–C) groups is 1. The molecule has 1 fully saturated rings. The second-order valence-corrected chi connectivity index (χ2v) is 8.20. The van der Waals surface area contributed by atoms with Crippen LogP contribution in [0.25, 0.3) is 0 Å². The van der Waals surface area contributed by atoms with Crippen LogP contribution in [-0.4, -0.2) is 61.6 Å². The molecule has 4 nitrogen and oxygen atoms in total. The number of nitrogens with zero attached hydrogens (tertiary/aromatic N) is 3. The minimum atomic E-state index is 0.585. The molecule has 1 saturated heterocycles. The summed E-state index contributed by atoms with van der Waals surface area (Å²) in [5.41, 5.74) is 0. The van der Waals surface area contributed by atoms with Crippen LogP contribution in [0.2, 0.25) is 0 Å². The third-order valence-electron chi connectivity index (χ3n) is 5.01. The molecule has 1 N–H and O–H groups in total. The molecule has 0 bridgehead atoms.